The van der Waals surface area contributed by atoms with Gasteiger partial charge in [0, 0.05) is 38.4 Å². The lowest BCUT2D eigenvalue weighted by atomic mass is 9.85. The molecule has 2 aromatic heterocycles. The van der Waals surface area contributed by atoms with Gasteiger partial charge in [0.1, 0.15) is 11.2 Å². The van der Waals surface area contributed by atoms with E-state index in [0.29, 0.717) is 43.3 Å². The highest BCUT2D eigenvalue weighted by atomic mass is 16.5. The summed E-state index contributed by atoms with van der Waals surface area (Å²) in [6.45, 7) is 5.52. The molecule has 1 saturated carbocycles. The number of fused-ring (bicyclic) bond motifs is 3. The van der Waals surface area contributed by atoms with Gasteiger partial charge in [0.15, 0.2) is 5.58 Å². The molecule has 7 nitrogen and oxygen atoms in total. The Kier molecular flexibility index (Phi) is 5.42. The molecule has 0 spiro atoms. The van der Waals surface area contributed by atoms with Crippen molar-refractivity contribution in [2.45, 2.75) is 64.1 Å². The summed E-state index contributed by atoms with van der Waals surface area (Å²) in [5.74, 6) is 0.256. The number of amides is 2. The zero-order valence-corrected chi connectivity index (χ0v) is 17.6. The van der Waals surface area contributed by atoms with Crippen LogP contribution in [0, 0.1) is 5.92 Å². The van der Waals surface area contributed by atoms with Crippen LogP contribution in [0.1, 0.15) is 56.4 Å². The third kappa shape index (κ3) is 3.45. The van der Waals surface area contributed by atoms with Crippen LogP contribution >= 0.6 is 0 Å². The highest BCUT2D eigenvalue weighted by molar-refractivity contribution is 6.02. The molecule has 0 saturated heterocycles. The topological polar surface area (TPSA) is 76.7 Å². The minimum absolute atomic E-state index is 0.0713. The quantitative estimate of drug-likeness (QED) is 0.754. The zero-order valence-electron chi connectivity index (χ0n) is 17.6. The van der Waals surface area contributed by atoms with Crippen LogP contribution in [0.4, 0.5) is 0 Å². The summed E-state index contributed by atoms with van der Waals surface area (Å²) in [7, 11) is 1.65. The first-order valence-electron chi connectivity index (χ1n) is 10.6. The minimum atomic E-state index is -0.960. The number of hydrogen-bond donors (Lipinski definition) is 1. The number of rotatable bonds is 6. The van der Waals surface area contributed by atoms with Crippen molar-refractivity contribution in [2.24, 2.45) is 5.92 Å². The van der Waals surface area contributed by atoms with Crippen LogP contribution in [0.3, 0.4) is 0 Å². The van der Waals surface area contributed by atoms with Crippen LogP contribution in [-0.4, -0.2) is 53.1 Å². The van der Waals surface area contributed by atoms with E-state index in [1.165, 1.54) is 6.42 Å². The number of carbonyl (C=O) groups excluding carboxylic acids is 2. The number of ether oxygens (including phenoxy) is 1. The Labute approximate surface area is 171 Å². The molecule has 0 radical (unpaired) electrons. The number of carbonyl (C=O) groups is 2. The van der Waals surface area contributed by atoms with E-state index in [9.17, 15) is 9.59 Å². The van der Waals surface area contributed by atoms with Crippen LogP contribution in [0.2, 0.25) is 0 Å². The first kappa shape index (κ1) is 20.0. The molecule has 2 aliphatic rings. The van der Waals surface area contributed by atoms with Gasteiger partial charge in [-0.1, -0.05) is 19.8 Å². The number of nitrogens with one attached hydrogen (secondary N) is 1. The van der Waals surface area contributed by atoms with Crippen LogP contribution < -0.4 is 5.32 Å². The number of aromatic nitrogens is 1. The molecule has 0 unspecified atom stereocenters. The lowest BCUT2D eigenvalue weighted by Gasteiger charge is -2.45. The molecule has 1 aliphatic carbocycles. The van der Waals surface area contributed by atoms with E-state index in [0.717, 1.165) is 24.8 Å². The second-order valence-electron chi connectivity index (χ2n) is 8.70. The molecule has 1 N–H and O–H groups in total. The van der Waals surface area contributed by atoms with Crippen LogP contribution in [0.25, 0.3) is 11.1 Å². The van der Waals surface area contributed by atoms with Crippen molar-refractivity contribution in [2.75, 3.05) is 20.3 Å². The van der Waals surface area contributed by atoms with Gasteiger partial charge in [-0.05, 0) is 32.1 Å². The summed E-state index contributed by atoms with van der Waals surface area (Å²) < 4.78 is 12.6. The van der Waals surface area contributed by atoms with E-state index < -0.39 is 5.54 Å². The number of hydrogen-bond acceptors (Lipinski definition) is 4. The molecule has 2 aromatic rings. The summed E-state index contributed by atoms with van der Waals surface area (Å²) in [4.78, 5) is 28.7. The summed E-state index contributed by atoms with van der Waals surface area (Å²) in [5, 5.41) is 3.28. The zero-order chi connectivity index (χ0) is 20.6. The Morgan fingerprint density at radius 2 is 2.17 bits per heavy atom. The molecular weight excluding hydrogens is 370 g/mol. The fourth-order valence-corrected chi connectivity index (χ4v) is 4.84. The first-order chi connectivity index (χ1) is 14.0. The average Bonchev–Trinajstić information content (AvgIpc) is 3.28. The second kappa shape index (κ2) is 7.86. The molecule has 158 valence electrons. The van der Waals surface area contributed by atoms with Crippen molar-refractivity contribution in [3.05, 3.63) is 24.1 Å². The molecular formula is C22H31N3O4. The molecule has 7 heteroatoms. The Hall–Kier alpha value is -2.28. The fraction of sp³-hybridized carbons (Fsp3) is 0.636. The van der Waals surface area contributed by atoms with Gasteiger partial charge in [-0.25, -0.2) is 0 Å². The van der Waals surface area contributed by atoms with Gasteiger partial charge >= 0.3 is 0 Å². The number of methoxy groups -OCH3 is 1. The van der Waals surface area contributed by atoms with Crippen LogP contribution in [0.15, 0.2) is 22.8 Å². The molecule has 3 atom stereocenters. The van der Waals surface area contributed by atoms with Gasteiger partial charge in [0.05, 0.1) is 18.3 Å². The van der Waals surface area contributed by atoms with Gasteiger partial charge < -0.3 is 23.9 Å². The largest absolute Gasteiger partial charge is 0.463 e. The van der Waals surface area contributed by atoms with Crippen molar-refractivity contribution in [3.8, 4) is 0 Å². The van der Waals surface area contributed by atoms with Crippen molar-refractivity contribution < 1.29 is 18.7 Å². The maximum absolute atomic E-state index is 13.6. The summed E-state index contributed by atoms with van der Waals surface area (Å²) in [6, 6.07) is 3.81. The lowest BCUT2D eigenvalue weighted by molar-refractivity contribution is -0.134. The van der Waals surface area contributed by atoms with Gasteiger partial charge in [-0.2, -0.15) is 0 Å². The second-order valence-corrected chi connectivity index (χ2v) is 8.70. The maximum Gasteiger partial charge on any atom is 0.271 e. The molecule has 3 heterocycles. The first-order valence-corrected chi connectivity index (χ1v) is 10.6. The van der Waals surface area contributed by atoms with E-state index in [-0.39, 0.29) is 17.9 Å². The summed E-state index contributed by atoms with van der Waals surface area (Å²) in [5.41, 5.74) is 1.15. The van der Waals surface area contributed by atoms with E-state index >= 15 is 0 Å². The Morgan fingerprint density at radius 1 is 1.38 bits per heavy atom. The normalized spacial score (nSPS) is 27.3. The van der Waals surface area contributed by atoms with Gasteiger partial charge in [-0.3, -0.25) is 9.59 Å². The molecule has 0 bridgehead atoms. The van der Waals surface area contributed by atoms with Gasteiger partial charge in [0.25, 0.3) is 5.91 Å². The predicted molar refractivity (Wildman–Crippen MR) is 110 cm³/mol. The van der Waals surface area contributed by atoms with E-state index in [4.69, 9.17) is 9.15 Å². The lowest BCUT2D eigenvalue weighted by Crippen LogP contribution is -2.65. The average molecular weight is 402 g/mol. The predicted octanol–water partition coefficient (Wildman–Crippen LogP) is 3.18. The Balaban J connectivity index is 1.66. The van der Waals surface area contributed by atoms with Crippen LogP contribution in [-0.2, 0) is 16.1 Å². The molecule has 1 fully saturated rings. The van der Waals surface area contributed by atoms with E-state index in [1.54, 1.807) is 24.3 Å². The highest BCUT2D eigenvalue weighted by Crippen LogP contribution is 2.33. The third-order valence-electron chi connectivity index (χ3n) is 6.70. The smallest absolute Gasteiger partial charge is 0.271 e. The van der Waals surface area contributed by atoms with Crippen molar-refractivity contribution >= 4 is 22.9 Å². The van der Waals surface area contributed by atoms with Gasteiger partial charge in [-0.15, -0.1) is 0 Å². The molecule has 4 rings (SSSR count). The Morgan fingerprint density at radius 3 is 2.93 bits per heavy atom. The van der Waals surface area contributed by atoms with E-state index in [1.807, 2.05) is 17.6 Å². The van der Waals surface area contributed by atoms with Gasteiger partial charge in [0.2, 0.25) is 5.91 Å². The fourth-order valence-electron chi connectivity index (χ4n) is 4.84. The molecule has 1 aliphatic heterocycles. The Bertz CT molecular complexity index is 901. The maximum atomic E-state index is 13.6. The monoisotopic (exact) mass is 401 g/mol. The highest BCUT2D eigenvalue weighted by Gasteiger charge is 2.48. The number of nitrogens with zero attached hydrogens (tertiary/aromatic N) is 2. The molecule has 2 amide bonds. The van der Waals surface area contributed by atoms with Crippen molar-refractivity contribution in [1.29, 1.82) is 0 Å². The molecule has 0 aromatic carbocycles. The SMILES string of the molecule is COCCCN1C(=O)c2cc3occc3n2C[C@]1(C)C(=O)N[C@H]1CCCC[C@H]1C. The van der Waals surface area contributed by atoms with E-state index in [2.05, 4.69) is 12.2 Å². The van der Waals surface area contributed by atoms with Crippen molar-refractivity contribution in [3.63, 3.8) is 0 Å². The van der Waals surface area contributed by atoms with Crippen LogP contribution in [0.5, 0.6) is 0 Å². The third-order valence-corrected chi connectivity index (χ3v) is 6.70. The van der Waals surface area contributed by atoms with Crippen molar-refractivity contribution in [1.82, 2.24) is 14.8 Å². The molecule has 29 heavy (non-hydrogen) atoms. The minimum Gasteiger partial charge on any atom is -0.463 e. The summed E-state index contributed by atoms with van der Waals surface area (Å²) in [6.07, 6.45) is 6.80. The standard InChI is InChI=1S/C22H31N3O4/c1-15-7-4-5-8-16(15)23-21(27)22(2)14-24-17-9-12-29-19(17)13-18(24)20(26)25(22)10-6-11-28-3/h9,12-13,15-16H,4-8,10-11,14H2,1-3H3,(H,23,27)/t15-,16+,22-/m1/s1. The number of furan rings is 1. The summed E-state index contributed by atoms with van der Waals surface area (Å²) >= 11 is 0.